The van der Waals surface area contributed by atoms with Crippen molar-refractivity contribution in [2.75, 3.05) is 113 Å². The Morgan fingerprint density at radius 3 is 1.33 bits per heavy atom. The molecule has 11 heteroatoms. The van der Waals surface area contributed by atoms with Gasteiger partial charge in [-0.05, 0) is 32.9 Å². The molecular weight excluding hydrogens is 510 g/mol. The average molecular weight is 560 g/mol. The first-order valence-corrected chi connectivity index (χ1v) is 13.5. The number of ether oxygens (including phenoxy) is 9. The molecule has 0 aromatic heterocycles. The Bertz CT molecular complexity index is 687. The van der Waals surface area contributed by atoms with Gasteiger partial charge in [-0.1, -0.05) is 18.2 Å². The molecule has 0 bridgehead atoms. The molecule has 1 aromatic carbocycles. The van der Waals surface area contributed by atoms with Crippen LogP contribution in [0.15, 0.2) is 30.3 Å². The fourth-order valence-corrected chi connectivity index (χ4v) is 2.79. The van der Waals surface area contributed by atoms with Crippen molar-refractivity contribution in [3.05, 3.63) is 30.3 Å². The molecule has 0 heterocycles. The first-order chi connectivity index (χ1) is 18.9. The van der Waals surface area contributed by atoms with Crippen molar-refractivity contribution >= 4 is 6.09 Å². The lowest BCUT2D eigenvalue weighted by molar-refractivity contribution is -0.0219. The molecule has 0 atom stereocenters. The summed E-state index contributed by atoms with van der Waals surface area (Å²) in [6, 6.07) is 9.66. The average Bonchev–Trinajstić information content (AvgIpc) is 2.90. The fraction of sp³-hybridized carbons (Fsp3) is 0.750. The molecule has 0 aliphatic heterocycles. The molecule has 0 aliphatic carbocycles. The number of carbonyl (C=O) groups excluding carboxylic acids is 1. The predicted octanol–water partition coefficient (Wildman–Crippen LogP) is 3.05. The molecule has 0 saturated carbocycles. The quantitative estimate of drug-likeness (QED) is 0.166. The second-order valence-corrected chi connectivity index (χ2v) is 9.35. The van der Waals surface area contributed by atoms with Crippen molar-refractivity contribution in [3.8, 4) is 5.75 Å². The molecule has 0 spiro atoms. The first kappa shape index (κ1) is 35.0. The second kappa shape index (κ2) is 23.9. The molecule has 0 N–H and O–H groups in total. The number of carbonyl (C=O) groups is 1. The van der Waals surface area contributed by atoms with Gasteiger partial charge >= 0.3 is 6.09 Å². The van der Waals surface area contributed by atoms with E-state index in [2.05, 4.69) is 0 Å². The lowest BCUT2D eigenvalue weighted by Gasteiger charge is -2.24. The maximum absolute atomic E-state index is 11.8. The summed E-state index contributed by atoms with van der Waals surface area (Å²) in [5, 5.41) is 0. The summed E-state index contributed by atoms with van der Waals surface area (Å²) < 4.78 is 49.1. The molecule has 0 radical (unpaired) electrons. The van der Waals surface area contributed by atoms with E-state index in [0.29, 0.717) is 106 Å². The zero-order valence-electron chi connectivity index (χ0n) is 24.2. The van der Waals surface area contributed by atoms with Gasteiger partial charge in [0.05, 0.1) is 92.5 Å². The summed E-state index contributed by atoms with van der Waals surface area (Å²) in [4.78, 5) is 13.3. The molecule has 11 nitrogen and oxygen atoms in total. The fourth-order valence-electron chi connectivity index (χ4n) is 2.79. The van der Waals surface area contributed by atoms with Crippen LogP contribution in [-0.2, 0) is 37.9 Å². The van der Waals surface area contributed by atoms with Crippen LogP contribution in [0.3, 0.4) is 0 Å². The van der Waals surface area contributed by atoms with Gasteiger partial charge in [-0.15, -0.1) is 0 Å². The Kier molecular flexibility index (Phi) is 21.4. The molecule has 0 saturated heterocycles. The van der Waals surface area contributed by atoms with Crippen molar-refractivity contribution in [1.29, 1.82) is 0 Å². The highest BCUT2D eigenvalue weighted by atomic mass is 16.6. The van der Waals surface area contributed by atoms with Crippen LogP contribution >= 0.6 is 0 Å². The minimum Gasteiger partial charge on any atom is -0.491 e. The number of hydrogen-bond acceptors (Lipinski definition) is 10. The largest absolute Gasteiger partial charge is 0.491 e. The van der Waals surface area contributed by atoms with E-state index in [0.717, 1.165) is 5.75 Å². The molecular formula is C28H49NO10. The lowest BCUT2D eigenvalue weighted by Crippen LogP contribution is -2.36. The van der Waals surface area contributed by atoms with Gasteiger partial charge in [0.1, 0.15) is 18.0 Å². The van der Waals surface area contributed by atoms with Gasteiger partial charge in [0, 0.05) is 13.6 Å². The SMILES string of the molecule is CN(CCOCCOCCOCCOCCOCCOCCOCCOc1ccccc1)C(=O)OC(C)(C)C. The van der Waals surface area contributed by atoms with Crippen LogP contribution in [0.2, 0.25) is 0 Å². The number of nitrogens with zero attached hydrogens (tertiary/aromatic N) is 1. The maximum atomic E-state index is 11.8. The summed E-state index contributed by atoms with van der Waals surface area (Å²) in [5.74, 6) is 0.842. The highest BCUT2D eigenvalue weighted by Crippen LogP contribution is 2.09. The summed E-state index contributed by atoms with van der Waals surface area (Å²) in [5.41, 5.74) is -0.504. The smallest absolute Gasteiger partial charge is 0.410 e. The molecule has 1 aromatic rings. The molecule has 0 unspecified atom stereocenters. The van der Waals surface area contributed by atoms with Gasteiger partial charge in [0.15, 0.2) is 0 Å². The number of benzene rings is 1. The van der Waals surface area contributed by atoms with Gasteiger partial charge in [0.25, 0.3) is 0 Å². The topological polar surface area (TPSA) is 103 Å². The third-order valence-corrected chi connectivity index (χ3v) is 4.75. The Morgan fingerprint density at radius 2 is 0.949 bits per heavy atom. The van der Waals surface area contributed by atoms with Crippen molar-refractivity contribution in [3.63, 3.8) is 0 Å². The zero-order valence-corrected chi connectivity index (χ0v) is 24.2. The minimum atomic E-state index is -0.504. The Hall–Kier alpha value is -1.99. The zero-order chi connectivity index (χ0) is 28.4. The van der Waals surface area contributed by atoms with Crippen molar-refractivity contribution in [2.24, 2.45) is 0 Å². The van der Waals surface area contributed by atoms with Crippen molar-refractivity contribution < 1.29 is 47.4 Å². The predicted molar refractivity (Wildman–Crippen MR) is 147 cm³/mol. The van der Waals surface area contributed by atoms with E-state index in [9.17, 15) is 4.79 Å². The van der Waals surface area contributed by atoms with Gasteiger partial charge < -0.3 is 47.5 Å². The molecule has 226 valence electrons. The van der Waals surface area contributed by atoms with Crippen molar-refractivity contribution in [1.82, 2.24) is 4.90 Å². The second-order valence-electron chi connectivity index (χ2n) is 9.35. The van der Waals surface area contributed by atoms with Gasteiger partial charge in [-0.2, -0.15) is 0 Å². The highest BCUT2D eigenvalue weighted by Gasteiger charge is 2.19. The van der Waals surface area contributed by atoms with E-state index >= 15 is 0 Å². The van der Waals surface area contributed by atoms with E-state index < -0.39 is 5.60 Å². The van der Waals surface area contributed by atoms with Crippen LogP contribution in [-0.4, -0.2) is 129 Å². The third kappa shape index (κ3) is 23.6. The third-order valence-electron chi connectivity index (χ3n) is 4.75. The first-order valence-electron chi connectivity index (χ1n) is 13.5. The molecule has 0 aliphatic rings. The van der Waals surface area contributed by atoms with Gasteiger partial charge in [-0.3, -0.25) is 0 Å². The minimum absolute atomic E-state index is 0.361. The Labute approximate surface area is 233 Å². The number of likely N-dealkylation sites (N-methyl/N-ethyl adjacent to an activating group) is 1. The standard InChI is InChI=1S/C28H49NO10/c1-28(2,3)39-27(30)29(4)10-11-31-12-13-32-14-15-33-16-17-34-18-19-35-20-21-36-22-23-37-24-25-38-26-8-6-5-7-9-26/h5-9H,10-25H2,1-4H3. The summed E-state index contributed by atoms with van der Waals surface area (Å²) in [7, 11) is 1.68. The van der Waals surface area contributed by atoms with E-state index in [1.54, 1.807) is 7.05 Å². The monoisotopic (exact) mass is 559 g/mol. The van der Waals surface area contributed by atoms with Crippen LogP contribution in [0.1, 0.15) is 20.8 Å². The normalized spacial score (nSPS) is 11.5. The number of rotatable bonds is 25. The van der Waals surface area contributed by atoms with Crippen LogP contribution < -0.4 is 4.74 Å². The van der Waals surface area contributed by atoms with Gasteiger partial charge in [0.2, 0.25) is 0 Å². The summed E-state index contributed by atoms with van der Waals surface area (Å²) >= 11 is 0. The molecule has 39 heavy (non-hydrogen) atoms. The highest BCUT2D eigenvalue weighted by molar-refractivity contribution is 5.67. The van der Waals surface area contributed by atoms with Crippen LogP contribution in [0.4, 0.5) is 4.79 Å². The summed E-state index contributed by atoms with van der Waals surface area (Å²) in [6.07, 6.45) is -0.361. The Balaban J connectivity index is 1.70. The van der Waals surface area contributed by atoms with E-state index in [1.165, 1.54) is 4.90 Å². The van der Waals surface area contributed by atoms with Crippen molar-refractivity contribution in [2.45, 2.75) is 26.4 Å². The maximum Gasteiger partial charge on any atom is 0.410 e. The number of amides is 1. The number of para-hydroxylation sites is 1. The van der Waals surface area contributed by atoms with E-state index in [4.69, 9.17) is 42.6 Å². The Morgan fingerprint density at radius 1 is 0.590 bits per heavy atom. The van der Waals surface area contributed by atoms with Crippen LogP contribution in [0.25, 0.3) is 0 Å². The summed E-state index contributed by atoms with van der Waals surface area (Å²) in [6.45, 7) is 13.4. The molecule has 1 amide bonds. The number of hydrogen-bond donors (Lipinski definition) is 0. The van der Waals surface area contributed by atoms with Gasteiger partial charge in [-0.25, -0.2) is 4.79 Å². The lowest BCUT2D eigenvalue weighted by atomic mass is 10.2. The van der Waals surface area contributed by atoms with Crippen LogP contribution in [0, 0.1) is 0 Å². The van der Waals surface area contributed by atoms with Crippen LogP contribution in [0.5, 0.6) is 5.75 Å². The van der Waals surface area contributed by atoms with E-state index in [-0.39, 0.29) is 6.09 Å². The van der Waals surface area contributed by atoms with E-state index in [1.807, 2.05) is 51.1 Å². The molecule has 1 rings (SSSR count). The molecule has 0 fully saturated rings.